The molecular weight excluding hydrogens is 200 g/mol. The van der Waals surface area contributed by atoms with E-state index in [0.717, 1.165) is 12.0 Å². The summed E-state index contributed by atoms with van der Waals surface area (Å²) in [6.07, 6.45) is 0.929. The molecule has 0 saturated heterocycles. The molecule has 84 valence electrons. The maximum absolute atomic E-state index is 11.7. The van der Waals surface area contributed by atoms with Gasteiger partial charge >= 0.3 is 0 Å². The van der Waals surface area contributed by atoms with Crippen LogP contribution in [0, 0.1) is 5.92 Å². The molecule has 0 aliphatic carbocycles. The molecule has 2 rings (SSSR count). The molecule has 1 aliphatic heterocycles. The maximum Gasteiger partial charge on any atom is 0.252 e. The third-order valence-corrected chi connectivity index (χ3v) is 3.02. The number of hydrogen-bond acceptors (Lipinski definition) is 2. The van der Waals surface area contributed by atoms with E-state index in [9.17, 15) is 4.79 Å². The maximum atomic E-state index is 11.7. The van der Waals surface area contributed by atoms with Gasteiger partial charge in [-0.1, -0.05) is 44.2 Å². The van der Waals surface area contributed by atoms with Crippen molar-refractivity contribution in [1.82, 2.24) is 5.32 Å². The summed E-state index contributed by atoms with van der Waals surface area (Å²) in [7, 11) is 0. The Labute approximate surface area is 95.6 Å². The number of carbonyl (C=O) groups is 1. The summed E-state index contributed by atoms with van der Waals surface area (Å²) in [5.74, 6) is 0.650. The first-order valence-corrected chi connectivity index (χ1v) is 5.67. The van der Waals surface area contributed by atoms with Gasteiger partial charge in [-0.15, -0.1) is 0 Å². The molecule has 1 aromatic carbocycles. The minimum absolute atomic E-state index is 0.0237. The number of hydrogen-bond donors (Lipinski definition) is 1. The summed E-state index contributed by atoms with van der Waals surface area (Å²) in [5.41, 5.74) is 0.973. The predicted molar refractivity (Wildman–Crippen MR) is 64.4 cm³/mol. The number of carbonyl (C=O) groups excluding carboxylic acids is 1. The van der Waals surface area contributed by atoms with Crippen molar-refractivity contribution < 1.29 is 4.79 Å². The second-order valence-electron chi connectivity index (χ2n) is 4.11. The number of rotatable bonds is 2. The second kappa shape index (κ2) is 4.47. The number of nitrogens with zero attached hydrogens (tertiary/aromatic N) is 1. The second-order valence-corrected chi connectivity index (χ2v) is 4.11. The van der Waals surface area contributed by atoms with Gasteiger partial charge in [-0.2, -0.15) is 4.99 Å². The van der Waals surface area contributed by atoms with Gasteiger partial charge in [-0.25, -0.2) is 0 Å². The van der Waals surface area contributed by atoms with Crippen LogP contribution in [0.2, 0.25) is 0 Å². The molecule has 0 radical (unpaired) electrons. The molecule has 16 heavy (non-hydrogen) atoms. The molecule has 1 heterocycles. The SMILES string of the molecule is CCC1NC(c2ccccc2)=NC(=O)C1C. The van der Waals surface area contributed by atoms with Crippen LogP contribution in [-0.2, 0) is 4.79 Å². The van der Waals surface area contributed by atoms with E-state index < -0.39 is 0 Å². The summed E-state index contributed by atoms with van der Waals surface area (Å²) in [5, 5.41) is 3.33. The van der Waals surface area contributed by atoms with Gasteiger partial charge in [0.1, 0.15) is 5.84 Å². The average molecular weight is 216 g/mol. The van der Waals surface area contributed by atoms with Crippen LogP contribution in [0.1, 0.15) is 25.8 Å². The van der Waals surface area contributed by atoms with Crippen LogP contribution in [0.25, 0.3) is 0 Å². The van der Waals surface area contributed by atoms with Gasteiger partial charge in [-0.3, -0.25) is 4.79 Å². The smallest absolute Gasteiger partial charge is 0.252 e. The fraction of sp³-hybridized carbons (Fsp3) is 0.385. The zero-order chi connectivity index (χ0) is 11.5. The third kappa shape index (κ3) is 1.98. The van der Waals surface area contributed by atoms with Crippen molar-refractivity contribution in [1.29, 1.82) is 0 Å². The Morgan fingerprint density at radius 1 is 1.31 bits per heavy atom. The van der Waals surface area contributed by atoms with Crippen LogP contribution < -0.4 is 5.32 Å². The molecule has 0 spiro atoms. The first kappa shape index (κ1) is 10.9. The minimum atomic E-state index is -0.0301. The van der Waals surface area contributed by atoms with E-state index in [-0.39, 0.29) is 17.9 Å². The zero-order valence-electron chi connectivity index (χ0n) is 9.60. The van der Waals surface area contributed by atoms with Crippen LogP contribution in [0.3, 0.4) is 0 Å². The fourth-order valence-electron chi connectivity index (χ4n) is 1.92. The number of aliphatic imine (C=N–C) groups is 1. The van der Waals surface area contributed by atoms with Crippen LogP contribution in [0.15, 0.2) is 35.3 Å². The Kier molecular flexibility index (Phi) is 3.04. The Morgan fingerprint density at radius 2 is 2.00 bits per heavy atom. The van der Waals surface area contributed by atoms with Gasteiger partial charge in [0, 0.05) is 11.6 Å². The van der Waals surface area contributed by atoms with Gasteiger partial charge in [0.05, 0.1) is 5.92 Å². The molecule has 0 fully saturated rings. The topological polar surface area (TPSA) is 41.5 Å². The lowest BCUT2D eigenvalue weighted by atomic mass is 9.96. The van der Waals surface area contributed by atoms with E-state index in [1.54, 1.807) is 0 Å². The van der Waals surface area contributed by atoms with Gasteiger partial charge < -0.3 is 5.32 Å². The van der Waals surface area contributed by atoms with Crippen LogP contribution in [-0.4, -0.2) is 17.8 Å². The normalized spacial score (nSPS) is 24.9. The van der Waals surface area contributed by atoms with Crippen LogP contribution >= 0.6 is 0 Å². The number of benzene rings is 1. The van der Waals surface area contributed by atoms with E-state index in [1.807, 2.05) is 37.3 Å². The molecular formula is C13H16N2O. The van der Waals surface area contributed by atoms with E-state index in [0.29, 0.717) is 5.84 Å². The first-order chi connectivity index (χ1) is 7.72. The summed E-state index contributed by atoms with van der Waals surface area (Å²) < 4.78 is 0. The third-order valence-electron chi connectivity index (χ3n) is 3.02. The van der Waals surface area contributed by atoms with Crippen molar-refractivity contribution in [2.45, 2.75) is 26.3 Å². The Bertz CT molecular complexity index is 411. The monoisotopic (exact) mass is 216 g/mol. The van der Waals surface area contributed by atoms with Gasteiger partial charge in [0.25, 0.3) is 5.91 Å². The summed E-state index contributed by atoms with van der Waals surface area (Å²) in [6.45, 7) is 4.00. The van der Waals surface area contributed by atoms with Gasteiger partial charge in [0.15, 0.2) is 0 Å². The predicted octanol–water partition coefficient (Wildman–Crippen LogP) is 1.98. The first-order valence-electron chi connectivity index (χ1n) is 5.67. The largest absolute Gasteiger partial charge is 0.366 e. The Hall–Kier alpha value is -1.64. The molecule has 1 amide bonds. The Morgan fingerprint density at radius 3 is 2.62 bits per heavy atom. The molecule has 3 nitrogen and oxygen atoms in total. The lowest BCUT2D eigenvalue weighted by molar-refractivity contribution is -0.122. The van der Waals surface area contributed by atoms with E-state index in [4.69, 9.17) is 0 Å². The molecule has 0 aromatic heterocycles. The highest BCUT2D eigenvalue weighted by atomic mass is 16.1. The summed E-state index contributed by atoms with van der Waals surface area (Å²) in [4.78, 5) is 15.8. The van der Waals surface area contributed by atoms with Crippen molar-refractivity contribution in [2.75, 3.05) is 0 Å². The number of amides is 1. The standard InChI is InChI=1S/C13H16N2O/c1-3-11-9(2)13(16)15-12(14-11)10-7-5-4-6-8-10/h4-9,11H,3H2,1-2H3,(H,14,15,16). The average Bonchev–Trinajstić information content (AvgIpc) is 2.33. The van der Waals surface area contributed by atoms with Crippen molar-refractivity contribution in [2.24, 2.45) is 10.9 Å². The lowest BCUT2D eigenvalue weighted by Gasteiger charge is -2.28. The van der Waals surface area contributed by atoms with Gasteiger partial charge in [-0.05, 0) is 6.42 Å². The quantitative estimate of drug-likeness (QED) is 0.821. The zero-order valence-corrected chi connectivity index (χ0v) is 9.60. The van der Waals surface area contributed by atoms with Crippen LogP contribution in [0.5, 0.6) is 0 Å². The molecule has 0 saturated carbocycles. The minimum Gasteiger partial charge on any atom is -0.366 e. The van der Waals surface area contributed by atoms with Crippen LogP contribution in [0.4, 0.5) is 0 Å². The van der Waals surface area contributed by atoms with E-state index >= 15 is 0 Å². The van der Waals surface area contributed by atoms with Crippen molar-refractivity contribution in [3.05, 3.63) is 35.9 Å². The molecule has 0 bridgehead atoms. The molecule has 2 atom stereocenters. The number of nitrogens with one attached hydrogen (secondary N) is 1. The van der Waals surface area contributed by atoms with E-state index in [2.05, 4.69) is 17.2 Å². The molecule has 1 aromatic rings. The molecule has 1 aliphatic rings. The fourth-order valence-corrected chi connectivity index (χ4v) is 1.92. The van der Waals surface area contributed by atoms with Crippen molar-refractivity contribution >= 4 is 11.7 Å². The molecule has 3 heteroatoms. The van der Waals surface area contributed by atoms with Gasteiger partial charge in [0.2, 0.25) is 0 Å². The summed E-state index contributed by atoms with van der Waals surface area (Å²) >= 11 is 0. The lowest BCUT2D eigenvalue weighted by Crippen LogP contribution is -2.46. The number of amidine groups is 1. The highest BCUT2D eigenvalue weighted by molar-refractivity contribution is 6.07. The van der Waals surface area contributed by atoms with Crippen molar-refractivity contribution in [3.8, 4) is 0 Å². The summed E-state index contributed by atoms with van der Waals surface area (Å²) in [6, 6.07) is 9.96. The molecule has 2 unspecified atom stereocenters. The highest BCUT2D eigenvalue weighted by Crippen LogP contribution is 2.15. The highest BCUT2D eigenvalue weighted by Gasteiger charge is 2.28. The van der Waals surface area contributed by atoms with Crippen molar-refractivity contribution in [3.63, 3.8) is 0 Å². The molecule has 1 N–H and O–H groups in total. The van der Waals surface area contributed by atoms with E-state index in [1.165, 1.54) is 0 Å². The Balaban J connectivity index is 2.30.